The first-order valence-electron chi connectivity index (χ1n) is 10.6. The first-order chi connectivity index (χ1) is 15.1. The van der Waals surface area contributed by atoms with Gasteiger partial charge in [-0.3, -0.25) is 5.10 Å². The fourth-order valence-electron chi connectivity index (χ4n) is 4.68. The summed E-state index contributed by atoms with van der Waals surface area (Å²) in [5.41, 5.74) is 3.41. The van der Waals surface area contributed by atoms with E-state index in [2.05, 4.69) is 44.5 Å². The summed E-state index contributed by atoms with van der Waals surface area (Å²) in [4.78, 5) is 12.0. The first-order valence-corrected chi connectivity index (χ1v) is 10.6. The number of benzene rings is 2. The second-order valence-corrected chi connectivity index (χ2v) is 9.34. The molecule has 0 bridgehead atoms. The zero-order valence-electron chi connectivity index (χ0n) is 18.8. The summed E-state index contributed by atoms with van der Waals surface area (Å²) < 4.78 is 26.2. The van der Waals surface area contributed by atoms with Crippen molar-refractivity contribution >= 4 is 22.4 Å². The van der Waals surface area contributed by atoms with E-state index in [1.807, 2.05) is 24.3 Å². The second kappa shape index (κ2) is 8.02. The normalized spacial score (nSPS) is 17.2. The third kappa shape index (κ3) is 4.36. The van der Waals surface area contributed by atoms with E-state index in [0.29, 0.717) is 29.5 Å². The van der Waals surface area contributed by atoms with Crippen molar-refractivity contribution in [3.05, 3.63) is 77.8 Å². The van der Waals surface area contributed by atoms with Gasteiger partial charge in [-0.15, -0.1) is 0 Å². The smallest absolute Gasteiger partial charge is 0.335 e. The molecule has 1 saturated heterocycles. The predicted octanol–water partition coefficient (Wildman–Crippen LogP) is 5.96. The lowest BCUT2D eigenvalue weighted by Gasteiger charge is -2.43. The number of para-hydroxylation sites is 1. The molecule has 5 nitrogen and oxygen atoms in total. The molecule has 0 atom stereocenters. The molecule has 0 unspecified atom stereocenters. The van der Waals surface area contributed by atoms with Gasteiger partial charge >= 0.3 is 5.97 Å². The quantitative estimate of drug-likeness (QED) is 0.312. The van der Waals surface area contributed by atoms with E-state index < -0.39 is 11.9 Å². The lowest BCUT2D eigenvalue weighted by Crippen LogP contribution is -2.42. The molecule has 3 aromatic rings. The number of halogens is 1. The molecule has 2 heterocycles. The van der Waals surface area contributed by atoms with Crippen LogP contribution in [0.25, 0.3) is 16.5 Å². The summed E-state index contributed by atoms with van der Waals surface area (Å²) in [6.45, 7) is 11.8. The van der Waals surface area contributed by atoms with Gasteiger partial charge in [-0.1, -0.05) is 36.4 Å². The second-order valence-electron chi connectivity index (χ2n) is 9.34. The summed E-state index contributed by atoms with van der Waals surface area (Å²) in [5.74, 6) is -0.592. The lowest BCUT2D eigenvalue weighted by atomic mass is 9.79. The maximum Gasteiger partial charge on any atom is 0.335 e. The summed E-state index contributed by atoms with van der Waals surface area (Å²) in [5, 5.41) is 6.81. The van der Waals surface area contributed by atoms with Gasteiger partial charge in [-0.2, -0.15) is 9.49 Å². The minimum absolute atomic E-state index is 0.389. The third-order valence-corrected chi connectivity index (χ3v) is 5.51. The van der Waals surface area contributed by atoms with Crippen molar-refractivity contribution < 1.29 is 18.7 Å². The van der Waals surface area contributed by atoms with Gasteiger partial charge in [0.05, 0.1) is 22.1 Å². The van der Waals surface area contributed by atoms with E-state index in [0.717, 1.165) is 28.3 Å². The molecule has 0 aliphatic carbocycles. The molecule has 0 saturated carbocycles. The topological polar surface area (TPSA) is 64.2 Å². The highest BCUT2D eigenvalue weighted by Crippen LogP contribution is 2.45. The van der Waals surface area contributed by atoms with Crippen molar-refractivity contribution in [1.82, 2.24) is 10.2 Å². The minimum atomic E-state index is -0.536. The van der Waals surface area contributed by atoms with Crippen molar-refractivity contribution in [2.75, 3.05) is 0 Å². The number of rotatable bonds is 4. The van der Waals surface area contributed by atoms with E-state index in [4.69, 9.17) is 9.47 Å². The van der Waals surface area contributed by atoms with Gasteiger partial charge in [0.25, 0.3) is 0 Å². The summed E-state index contributed by atoms with van der Waals surface area (Å²) >= 11 is 0. The number of hydrogen-bond acceptors (Lipinski definition) is 4. The van der Waals surface area contributed by atoms with Crippen LogP contribution in [-0.4, -0.2) is 27.4 Å². The number of hydrogen-bond donors (Lipinski definition) is 1. The van der Waals surface area contributed by atoms with Crippen molar-refractivity contribution in [2.24, 2.45) is 0 Å². The molecule has 2 aromatic carbocycles. The monoisotopic (exact) mass is 434 g/mol. The predicted molar refractivity (Wildman–Crippen MR) is 123 cm³/mol. The molecule has 1 aliphatic rings. The van der Waals surface area contributed by atoms with Gasteiger partial charge < -0.3 is 9.47 Å². The number of aromatic amines is 1. The van der Waals surface area contributed by atoms with Gasteiger partial charge in [-0.25, -0.2) is 4.79 Å². The fraction of sp³-hybridized carbons (Fsp3) is 0.308. The molecular weight excluding hydrogens is 407 g/mol. The molecule has 6 heteroatoms. The fourth-order valence-corrected chi connectivity index (χ4v) is 4.68. The Balaban J connectivity index is 1.99. The highest BCUT2D eigenvalue weighted by atomic mass is 19.1. The third-order valence-electron chi connectivity index (χ3n) is 5.51. The Morgan fingerprint density at radius 3 is 2.53 bits per heavy atom. The average molecular weight is 435 g/mol. The number of esters is 1. The first kappa shape index (κ1) is 22.0. The van der Waals surface area contributed by atoms with Crippen LogP contribution >= 0.6 is 0 Å². The number of carbonyl (C=O) groups excluding carboxylic acids is 1. The Morgan fingerprint density at radius 1 is 1.16 bits per heavy atom. The van der Waals surface area contributed by atoms with Crippen LogP contribution in [0.15, 0.2) is 60.7 Å². The number of nitrogens with zero attached hydrogens (tertiary/aromatic N) is 1. The molecule has 1 N–H and O–H groups in total. The van der Waals surface area contributed by atoms with Crippen LogP contribution in [0.1, 0.15) is 51.7 Å². The molecule has 0 amide bonds. The van der Waals surface area contributed by atoms with Crippen molar-refractivity contribution in [3.8, 4) is 5.75 Å². The summed E-state index contributed by atoms with van der Waals surface area (Å²) in [7, 11) is 0. The van der Waals surface area contributed by atoms with Crippen LogP contribution in [0.4, 0.5) is 4.39 Å². The van der Waals surface area contributed by atoms with Crippen molar-refractivity contribution in [2.45, 2.75) is 51.7 Å². The highest BCUT2D eigenvalue weighted by Gasteiger charge is 2.38. The SMILES string of the molecule is C=CC(=O)Oc1ccccc1C(=C1CC(C)(C)OC(C)(C)C1)c1ccc2n[nH]c(F)c2c1. The van der Waals surface area contributed by atoms with Crippen LogP contribution in [0.5, 0.6) is 5.75 Å². The van der Waals surface area contributed by atoms with Gasteiger partial charge in [0.15, 0.2) is 0 Å². The minimum Gasteiger partial charge on any atom is -0.423 e. The zero-order chi connectivity index (χ0) is 23.1. The summed E-state index contributed by atoms with van der Waals surface area (Å²) in [6.07, 6.45) is 2.50. The Kier molecular flexibility index (Phi) is 5.51. The van der Waals surface area contributed by atoms with Gasteiger partial charge in [0, 0.05) is 11.6 Å². The number of ether oxygens (including phenoxy) is 2. The van der Waals surface area contributed by atoms with E-state index in [1.54, 1.807) is 18.2 Å². The Hall–Kier alpha value is -3.25. The van der Waals surface area contributed by atoms with Crippen molar-refractivity contribution in [3.63, 3.8) is 0 Å². The maximum absolute atomic E-state index is 14.3. The Labute approximate surface area is 186 Å². The number of aromatic nitrogens is 2. The molecular formula is C26H27FN2O3. The highest BCUT2D eigenvalue weighted by molar-refractivity contribution is 5.92. The lowest BCUT2D eigenvalue weighted by molar-refractivity contribution is -0.139. The largest absolute Gasteiger partial charge is 0.423 e. The molecule has 1 fully saturated rings. The number of fused-ring (bicyclic) bond motifs is 1. The molecule has 4 rings (SSSR count). The molecule has 1 aliphatic heterocycles. The van der Waals surface area contributed by atoms with Crippen LogP contribution < -0.4 is 4.74 Å². The van der Waals surface area contributed by atoms with E-state index in [9.17, 15) is 9.18 Å². The Morgan fingerprint density at radius 2 is 1.84 bits per heavy atom. The van der Waals surface area contributed by atoms with Gasteiger partial charge in [0.2, 0.25) is 5.95 Å². The Bertz CT molecular complexity index is 1220. The number of nitrogens with one attached hydrogen (secondary N) is 1. The van der Waals surface area contributed by atoms with Gasteiger partial charge in [0.1, 0.15) is 5.75 Å². The molecule has 0 spiro atoms. The van der Waals surface area contributed by atoms with Crippen LogP contribution in [0.3, 0.4) is 0 Å². The molecule has 1 aromatic heterocycles. The summed E-state index contributed by atoms with van der Waals surface area (Å²) in [6, 6.07) is 12.9. The van der Waals surface area contributed by atoms with E-state index >= 15 is 0 Å². The van der Waals surface area contributed by atoms with Gasteiger partial charge in [-0.05, 0) is 69.9 Å². The molecule has 166 valence electrons. The number of H-pyrrole nitrogens is 1. The van der Waals surface area contributed by atoms with Crippen molar-refractivity contribution in [1.29, 1.82) is 0 Å². The maximum atomic E-state index is 14.3. The molecule has 0 radical (unpaired) electrons. The van der Waals surface area contributed by atoms with E-state index in [-0.39, 0.29) is 11.2 Å². The molecule has 32 heavy (non-hydrogen) atoms. The standard InChI is InChI=1S/C26H27FN2O3/c1-6-22(30)31-21-10-8-7-9-18(21)23(17-14-25(2,3)32-26(4,5)15-17)16-11-12-20-19(13-16)24(27)29-28-20/h6-13H,1,14-15H2,2-5H3,(H,28,29). The van der Waals surface area contributed by atoms with Crippen LogP contribution in [-0.2, 0) is 9.53 Å². The number of carbonyl (C=O) groups is 1. The zero-order valence-corrected chi connectivity index (χ0v) is 18.8. The van der Waals surface area contributed by atoms with Crippen LogP contribution in [0.2, 0.25) is 0 Å². The average Bonchev–Trinajstić information content (AvgIpc) is 3.07. The van der Waals surface area contributed by atoms with E-state index in [1.165, 1.54) is 0 Å². The van der Waals surface area contributed by atoms with Crippen LogP contribution in [0, 0.1) is 5.95 Å².